The van der Waals surface area contributed by atoms with Gasteiger partial charge in [-0.3, -0.25) is 14.4 Å². The van der Waals surface area contributed by atoms with Crippen LogP contribution in [-0.2, 0) is 85.4 Å². The summed E-state index contributed by atoms with van der Waals surface area (Å²) >= 11 is 0. The maximum absolute atomic E-state index is 13.1. The van der Waals surface area contributed by atoms with Gasteiger partial charge in [0.25, 0.3) is 0 Å². The highest BCUT2D eigenvalue weighted by Gasteiger charge is 2.48. The minimum Gasteiger partial charge on any atom is -0.462 e. The molecule has 24 nitrogen and oxygen atoms in total. The molecule has 24 heteroatoms. The van der Waals surface area contributed by atoms with E-state index in [-0.39, 0.29) is 63.6 Å². The molecule has 6 saturated heterocycles. The Morgan fingerprint density at radius 3 is 0.862 bits per heavy atom. The first kappa shape index (κ1) is 70.1. The van der Waals surface area contributed by atoms with Gasteiger partial charge < -0.3 is 71.1 Å². The van der Waals surface area contributed by atoms with Gasteiger partial charge in [-0.1, -0.05) is 124 Å². The Kier molecular flexibility index (Phi) is 31.5. The highest BCUT2D eigenvalue weighted by molar-refractivity contribution is 5.71. The van der Waals surface area contributed by atoms with Crippen LogP contribution < -0.4 is 0 Å². The largest absolute Gasteiger partial charge is 0.509 e. The van der Waals surface area contributed by atoms with Crippen LogP contribution in [0.2, 0.25) is 0 Å². The van der Waals surface area contributed by atoms with Gasteiger partial charge in [-0.05, 0) is 89.9 Å². The third-order valence-corrected chi connectivity index (χ3v) is 17.0. The van der Waals surface area contributed by atoms with Crippen LogP contribution in [0.5, 0.6) is 0 Å². The summed E-state index contributed by atoms with van der Waals surface area (Å²) in [5.41, 5.74) is 0. The van der Waals surface area contributed by atoms with Gasteiger partial charge in [-0.15, -0.1) is 0 Å². The smallest absolute Gasteiger partial charge is 0.462 e. The van der Waals surface area contributed by atoms with E-state index in [4.69, 9.17) is 71.1 Å². The first-order chi connectivity index (χ1) is 42.2. The van der Waals surface area contributed by atoms with E-state index in [0.29, 0.717) is 64.2 Å². The normalized spacial score (nSPS) is 26.7. The first-order valence-electron chi connectivity index (χ1n) is 32.9. The Morgan fingerprint density at radius 2 is 0.529 bits per heavy atom. The van der Waals surface area contributed by atoms with Crippen LogP contribution in [0.15, 0.2) is 0 Å². The molecular weight excluding hydrogens is 1140 g/mol. The summed E-state index contributed by atoms with van der Waals surface area (Å²) in [6.45, 7) is 5.57. The summed E-state index contributed by atoms with van der Waals surface area (Å²) < 4.78 is 81.5. The monoisotopic (exact) mass is 1240 g/mol. The van der Waals surface area contributed by atoms with Crippen molar-refractivity contribution in [3.05, 3.63) is 0 Å². The molecule has 6 heterocycles. The number of cyclic esters (lactones) is 12. The fourth-order valence-corrected chi connectivity index (χ4v) is 12.1. The van der Waals surface area contributed by atoms with Gasteiger partial charge in [0.05, 0.1) is 0 Å². The summed E-state index contributed by atoms with van der Waals surface area (Å²) in [6, 6.07) is 0. The molecule has 0 N–H and O–H groups in total. The zero-order valence-electron chi connectivity index (χ0n) is 51.7. The number of unbranched alkanes of at least 4 members (excludes halogenated alkanes) is 19. The Bertz CT molecular complexity index is 2140. The van der Waals surface area contributed by atoms with Gasteiger partial charge in [0.2, 0.25) is 0 Å². The highest BCUT2D eigenvalue weighted by Crippen LogP contribution is 2.35. The van der Waals surface area contributed by atoms with Gasteiger partial charge in [0, 0.05) is 38.5 Å². The van der Waals surface area contributed by atoms with E-state index in [2.05, 4.69) is 13.8 Å². The molecule has 494 valence electrons. The van der Waals surface area contributed by atoms with Gasteiger partial charge in [0.1, 0.15) is 86.5 Å². The quantitative estimate of drug-likeness (QED) is 0.0311. The second-order valence-electron chi connectivity index (χ2n) is 23.9. The summed E-state index contributed by atoms with van der Waals surface area (Å²) in [7, 11) is 0. The van der Waals surface area contributed by atoms with Crippen molar-refractivity contribution >= 4 is 54.8 Å². The molecule has 0 radical (unpaired) electrons. The summed E-state index contributed by atoms with van der Waals surface area (Å²) in [5, 5.41) is 0. The molecule has 6 rings (SSSR count). The van der Waals surface area contributed by atoms with E-state index in [9.17, 15) is 43.2 Å². The number of hydrogen-bond donors (Lipinski definition) is 0. The zero-order chi connectivity index (χ0) is 62.2. The standard InChI is InChI=1S/C63H98O24/c1-4-7-9-10-14-22-30-44-45(78-59(68)77-44)31-23-15-11-18-26-34-55(64)73-40-42(41-74-56(65)35-27-19-12-16-24-32-47-51(84-61(70)80-47)38-50-46(29-21-8-5-2)79-60(69)83-50)75-57(66)36-28-20-13-17-25-33-48-52(85-62(71)81-48)39-54-53(86-63(72)87-54)37-49-43(6-3)76-58(67)82-49/h42-54H,4-41H2,1-3H3. The van der Waals surface area contributed by atoms with E-state index >= 15 is 0 Å². The second kappa shape index (κ2) is 39.1. The third kappa shape index (κ3) is 26.0. The molecule has 87 heavy (non-hydrogen) atoms. The zero-order valence-corrected chi connectivity index (χ0v) is 51.7. The summed E-state index contributed by atoms with van der Waals surface area (Å²) in [4.78, 5) is 111. The molecule has 0 aliphatic carbocycles. The fraction of sp³-hybridized carbons (Fsp3) is 0.857. The molecule has 0 aromatic carbocycles. The summed E-state index contributed by atoms with van der Waals surface area (Å²) in [5.74, 6) is -1.45. The molecule has 0 aromatic rings. The Labute approximate surface area is 511 Å². The highest BCUT2D eigenvalue weighted by atomic mass is 16.8. The predicted octanol–water partition coefficient (Wildman–Crippen LogP) is 13.5. The van der Waals surface area contributed by atoms with Crippen molar-refractivity contribution in [1.82, 2.24) is 0 Å². The van der Waals surface area contributed by atoms with Gasteiger partial charge in [-0.2, -0.15) is 0 Å². The number of esters is 3. The third-order valence-electron chi connectivity index (χ3n) is 17.0. The maximum atomic E-state index is 13.1. The second-order valence-corrected chi connectivity index (χ2v) is 23.9. The predicted molar refractivity (Wildman–Crippen MR) is 306 cm³/mol. The Morgan fingerprint density at radius 1 is 0.299 bits per heavy atom. The van der Waals surface area contributed by atoms with Gasteiger partial charge >= 0.3 is 54.8 Å². The number of hydrogen-bond acceptors (Lipinski definition) is 24. The minimum absolute atomic E-state index is 0.0837. The molecule has 13 unspecified atom stereocenters. The molecule has 6 aliphatic rings. The first-order valence-corrected chi connectivity index (χ1v) is 32.9. The van der Waals surface area contributed by atoms with E-state index in [1.54, 1.807) is 0 Å². The molecular formula is C63H98O24. The number of carbonyl (C=O) groups is 9. The Hall–Kier alpha value is -5.97. The van der Waals surface area contributed by atoms with E-state index in [0.717, 1.165) is 109 Å². The molecule has 6 aliphatic heterocycles. The van der Waals surface area contributed by atoms with Crippen LogP contribution in [0.4, 0.5) is 28.8 Å². The minimum atomic E-state index is -1.01. The van der Waals surface area contributed by atoms with E-state index < -0.39 is 116 Å². The average Bonchev–Trinajstić information content (AvgIpc) is 2.27. The number of rotatable bonds is 47. The lowest BCUT2D eigenvalue weighted by atomic mass is 9.95. The van der Waals surface area contributed by atoms with Gasteiger partial charge in [0.15, 0.2) is 6.10 Å². The van der Waals surface area contributed by atoms with Crippen molar-refractivity contribution in [2.75, 3.05) is 13.2 Å². The lowest BCUT2D eigenvalue weighted by molar-refractivity contribution is -0.167. The molecule has 6 fully saturated rings. The average molecular weight is 1240 g/mol. The van der Waals surface area contributed by atoms with Crippen molar-refractivity contribution in [3.63, 3.8) is 0 Å². The van der Waals surface area contributed by atoms with Crippen LogP contribution in [0, 0.1) is 0 Å². The maximum Gasteiger partial charge on any atom is 0.509 e. The van der Waals surface area contributed by atoms with E-state index in [1.165, 1.54) is 25.7 Å². The molecule has 0 bridgehead atoms. The number of carbonyl (C=O) groups excluding carboxylic acids is 9. The summed E-state index contributed by atoms with van der Waals surface area (Å²) in [6.07, 6.45) is 14.2. The van der Waals surface area contributed by atoms with Crippen LogP contribution in [0.3, 0.4) is 0 Å². The Balaban J connectivity index is 0.862. The van der Waals surface area contributed by atoms with Gasteiger partial charge in [-0.25, -0.2) is 28.8 Å². The SMILES string of the molecule is CCCCCCCCC1OC(=O)OC1CCCCCCCC(=O)OCC(COC(=O)CCCCCCCC1OC(=O)OC1CC1OC(=O)OC1CCCCC)OC(=O)CCCCCCCC1OC(=O)OC1CC1OC(=O)OC1CC1OC(=O)OC1CC. The van der Waals surface area contributed by atoms with Crippen LogP contribution in [0.25, 0.3) is 0 Å². The lowest BCUT2D eigenvalue weighted by Crippen LogP contribution is -2.36. The van der Waals surface area contributed by atoms with Crippen molar-refractivity contribution in [3.8, 4) is 0 Å². The number of ether oxygens (including phenoxy) is 15. The van der Waals surface area contributed by atoms with Crippen molar-refractivity contribution in [2.45, 2.75) is 331 Å². The van der Waals surface area contributed by atoms with Crippen molar-refractivity contribution < 1.29 is 114 Å². The van der Waals surface area contributed by atoms with Crippen LogP contribution >= 0.6 is 0 Å². The topological polar surface area (TPSA) is 292 Å². The van der Waals surface area contributed by atoms with Crippen LogP contribution in [0.1, 0.15) is 252 Å². The lowest BCUT2D eigenvalue weighted by Gasteiger charge is -2.22. The molecule has 0 spiro atoms. The molecule has 0 amide bonds. The van der Waals surface area contributed by atoms with Crippen molar-refractivity contribution in [1.29, 1.82) is 0 Å². The molecule has 13 atom stereocenters. The van der Waals surface area contributed by atoms with Crippen LogP contribution in [-0.4, -0.2) is 147 Å². The molecule has 0 aromatic heterocycles. The van der Waals surface area contributed by atoms with E-state index in [1.807, 2.05) is 6.92 Å². The fourth-order valence-electron chi connectivity index (χ4n) is 12.1. The molecule has 0 saturated carbocycles. The van der Waals surface area contributed by atoms with Crippen molar-refractivity contribution in [2.24, 2.45) is 0 Å².